The third-order valence-corrected chi connectivity index (χ3v) is 9.85. The van der Waals surface area contributed by atoms with Crippen molar-refractivity contribution in [3.05, 3.63) is 28.0 Å². The van der Waals surface area contributed by atoms with E-state index in [-0.39, 0.29) is 17.7 Å². The van der Waals surface area contributed by atoms with Crippen molar-refractivity contribution in [3.8, 4) is 0 Å². The number of nitrogens with one attached hydrogen (secondary N) is 2. The number of hydrogen-bond donors (Lipinski definition) is 2. The molecule has 2 aromatic heterocycles. The van der Waals surface area contributed by atoms with Crippen molar-refractivity contribution >= 4 is 64.1 Å². The Morgan fingerprint density at radius 3 is 2.50 bits per heavy atom. The molecule has 2 N–H and O–H groups in total. The largest absolute Gasteiger partial charge is 0.339 e. The summed E-state index contributed by atoms with van der Waals surface area (Å²) < 4.78 is 5.27. The summed E-state index contributed by atoms with van der Waals surface area (Å²) >= 11 is 5.70. The van der Waals surface area contributed by atoms with E-state index in [4.69, 9.17) is 0 Å². The average Bonchev–Trinajstić information content (AvgIpc) is 3.48. The zero-order chi connectivity index (χ0) is 24.1. The summed E-state index contributed by atoms with van der Waals surface area (Å²) in [6.07, 6.45) is 5.62. The number of carbonyl (C=O) groups is 3. The van der Waals surface area contributed by atoms with Crippen LogP contribution in [0.4, 0.5) is 0 Å². The van der Waals surface area contributed by atoms with Crippen molar-refractivity contribution < 1.29 is 14.4 Å². The maximum absolute atomic E-state index is 13.9. The van der Waals surface area contributed by atoms with Crippen LogP contribution in [0.1, 0.15) is 39.3 Å². The lowest BCUT2D eigenvalue weighted by Gasteiger charge is -2.40. The first-order valence-electron chi connectivity index (χ1n) is 11.2. The molecule has 8 nitrogen and oxygen atoms in total. The molecule has 0 bridgehead atoms. The Balaban J connectivity index is 1.51. The van der Waals surface area contributed by atoms with Crippen molar-refractivity contribution in [1.29, 1.82) is 0 Å². The molecule has 0 atom stereocenters. The molecule has 0 spiro atoms. The highest BCUT2D eigenvalue weighted by Crippen LogP contribution is 2.34. The van der Waals surface area contributed by atoms with Gasteiger partial charge in [0, 0.05) is 26.2 Å². The lowest BCUT2D eigenvalue weighted by atomic mass is 9.86. The van der Waals surface area contributed by atoms with Gasteiger partial charge in [-0.1, -0.05) is 6.07 Å². The molecule has 184 valence electrons. The van der Waals surface area contributed by atoms with E-state index in [0.29, 0.717) is 69.1 Å². The van der Waals surface area contributed by atoms with Crippen LogP contribution in [0.15, 0.2) is 26.7 Å². The molecular formula is C22H29N5O3S4. The molecule has 2 aliphatic rings. The van der Waals surface area contributed by atoms with E-state index in [9.17, 15) is 14.4 Å². The van der Waals surface area contributed by atoms with E-state index in [2.05, 4.69) is 15.0 Å². The van der Waals surface area contributed by atoms with Crippen LogP contribution in [-0.4, -0.2) is 89.2 Å². The molecule has 12 heteroatoms. The number of amides is 3. The second kappa shape index (κ2) is 11.4. The van der Waals surface area contributed by atoms with Gasteiger partial charge in [0.25, 0.3) is 11.8 Å². The number of carbonyl (C=O) groups excluding carboxylic acids is 3. The summed E-state index contributed by atoms with van der Waals surface area (Å²) in [6.45, 7) is 3.48. The third-order valence-electron chi connectivity index (χ3n) is 6.26. The van der Waals surface area contributed by atoms with Gasteiger partial charge in [-0.05, 0) is 67.8 Å². The van der Waals surface area contributed by atoms with E-state index in [1.54, 1.807) is 0 Å². The van der Waals surface area contributed by atoms with Gasteiger partial charge in [0.05, 0.1) is 14.6 Å². The van der Waals surface area contributed by atoms with Crippen LogP contribution >= 0.6 is 46.4 Å². The molecule has 2 aliphatic heterocycles. The number of rotatable bonds is 6. The molecule has 4 heterocycles. The Morgan fingerprint density at radius 2 is 1.82 bits per heavy atom. The van der Waals surface area contributed by atoms with Gasteiger partial charge in [-0.2, -0.15) is 4.37 Å². The molecule has 4 rings (SSSR count). The zero-order valence-electron chi connectivity index (χ0n) is 19.3. The number of thiophene rings is 1. The highest BCUT2D eigenvalue weighted by atomic mass is 32.2. The first-order chi connectivity index (χ1) is 16.5. The smallest absolute Gasteiger partial charge is 0.263 e. The van der Waals surface area contributed by atoms with Crippen molar-refractivity contribution in [2.45, 2.75) is 34.0 Å². The molecule has 3 amide bonds. The fourth-order valence-electron chi connectivity index (χ4n) is 4.44. The first kappa shape index (κ1) is 25.5. The Morgan fingerprint density at radius 1 is 1.09 bits per heavy atom. The SMILES string of the molecule is CSc1nsc(SC)c1C(=O)NC1(C(=O)N2CCCN(C(=O)c3cccs3)CC2)CCNCC1. The van der Waals surface area contributed by atoms with Gasteiger partial charge in [0.15, 0.2) is 0 Å². The summed E-state index contributed by atoms with van der Waals surface area (Å²) in [5.74, 6) is -0.261. The summed E-state index contributed by atoms with van der Waals surface area (Å²) in [5.41, 5.74) is -0.387. The van der Waals surface area contributed by atoms with Gasteiger partial charge >= 0.3 is 0 Å². The second-order valence-electron chi connectivity index (χ2n) is 8.26. The van der Waals surface area contributed by atoms with Gasteiger partial charge in [0.1, 0.15) is 10.6 Å². The lowest BCUT2D eigenvalue weighted by molar-refractivity contribution is -0.139. The summed E-state index contributed by atoms with van der Waals surface area (Å²) in [5, 5.41) is 9.05. The van der Waals surface area contributed by atoms with Crippen molar-refractivity contribution in [2.75, 3.05) is 51.8 Å². The molecule has 34 heavy (non-hydrogen) atoms. The Hall–Kier alpha value is -1.60. The topological polar surface area (TPSA) is 94.6 Å². The average molecular weight is 540 g/mol. The van der Waals surface area contributed by atoms with E-state index in [1.807, 2.05) is 39.8 Å². The molecular weight excluding hydrogens is 511 g/mol. The van der Waals surface area contributed by atoms with Crippen molar-refractivity contribution in [3.63, 3.8) is 0 Å². The Kier molecular flexibility index (Phi) is 8.57. The number of piperidine rings is 1. The maximum atomic E-state index is 13.9. The summed E-state index contributed by atoms with van der Waals surface area (Å²) in [6, 6.07) is 3.72. The van der Waals surface area contributed by atoms with Gasteiger partial charge in [-0.25, -0.2) is 0 Å². The fraction of sp³-hybridized carbons (Fsp3) is 0.545. The molecule has 2 saturated heterocycles. The minimum atomic E-state index is -0.956. The number of nitrogens with zero attached hydrogens (tertiary/aromatic N) is 3. The van der Waals surface area contributed by atoms with Crippen LogP contribution < -0.4 is 10.6 Å². The Labute approximate surface area is 216 Å². The molecule has 2 fully saturated rings. The monoisotopic (exact) mass is 539 g/mol. The molecule has 0 unspecified atom stereocenters. The van der Waals surface area contributed by atoms with Gasteiger partial charge in [0.2, 0.25) is 5.91 Å². The predicted octanol–water partition coefficient (Wildman–Crippen LogP) is 2.88. The van der Waals surface area contributed by atoms with Gasteiger partial charge in [-0.15, -0.1) is 34.9 Å². The van der Waals surface area contributed by atoms with Crippen LogP contribution in [0.3, 0.4) is 0 Å². The minimum absolute atomic E-state index is 0.0216. The van der Waals surface area contributed by atoms with Crippen LogP contribution in [0.25, 0.3) is 0 Å². The van der Waals surface area contributed by atoms with E-state index in [1.165, 1.54) is 46.4 Å². The summed E-state index contributed by atoms with van der Waals surface area (Å²) in [4.78, 5) is 44.6. The molecule has 0 saturated carbocycles. The zero-order valence-corrected chi connectivity index (χ0v) is 22.6. The molecule has 0 aromatic carbocycles. The van der Waals surface area contributed by atoms with E-state index < -0.39 is 5.54 Å². The molecule has 0 radical (unpaired) electrons. The van der Waals surface area contributed by atoms with Gasteiger partial charge < -0.3 is 20.4 Å². The van der Waals surface area contributed by atoms with Gasteiger partial charge in [-0.3, -0.25) is 14.4 Å². The number of hydrogen-bond acceptors (Lipinski definition) is 9. The fourth-order valence-corrected chi connectivity index (χ4v) is 7.41. The van der Waals surface area contributed by atoms with E-state index >= 15 is 0 Å². The van der Waals surface area contributed by atoms with Crippen molar-refractivity contribution in [2.24, 2.45) is 0 Å². The Bertz CT molecular complexity index is 998. The van der Waals surface area contributed by atoms with Crippen LogP contribution in [0.5, 0.6) is 0 Å². The minimum Gasteiger partial charge on any atom is -0.339 e. The van der Waals surface area contributed by atoms with Crippen LogP contribution in [0.2, 0.25) is 0 Å². The number of aromatic nitrogens is 1. The van der Waals surface area contributed by atoms with E-state index in [0.717, 1.165) is 9.09 Å². The molecule has 0 aliphatic carbocycles. The highest BCUT2D eigenvalue weighted by molar-refractivity contribution is 8.01. The quantitative estimate of drug-likeness (QED) is 0.545. The third kappa shape index (κ3) is 5.30. The van der Waals surface area contributed by atoms with Crippen LogP contribution in [0, 0.1) is 0 Å². The normalized spacial score (nSPS) is 18.4. The van der Waals surface area contributed by atoms with Crippen LogP contribution in [-0.2, 0) is 4.79 Å². The number of thioether (sulfide) groups is 2. The maximum Gasteiger partial charge on any atom is 0.263 e. The highest BCUT2D eigenvalue weighted by Gasteiger charge is 2.44. The second-order valence-corrected chi connectivity index (χ2v) is 11.9. The standard InChI is InChI=1S/C22H29N5O3S4/c1-31-18-16(20(32-2)34-25-18)17(28)24-22(6-8-23-9-7-22)21(30)27-11-4-10-26(12-13-27)19(29)15-5-3-14-33-15/h3,5,14,23H,4,6-13H2,1-2H3,(H,24,28). The lowest BCUT2D eigenvalue weighted by Crippen LogP contribution is -2.63. The first-order valence-corrected chi connectivity index (χ1v) is 15.3. The summed E-state index contributed by atoms with van der Waals surface area (Å²) in [7, 11) is 0. The van der Waals surface area contributed by atoms with Crippen molar-refractivity contribution in [1.82, 2.24) is 24.8 Å². The molecule has 2 aromatic rings. The predicted molar refractivity (Wildman–Crippen MR) is 139 cm³/mol.